The van der Waals surface area contributed by atoms with Crippen LogP contribution in [-0.4, -0.2) is 57.4 Å². The van der Waals surface area contributed by atoms with Gasteiger partial charge in [0.25, 0.3) is 0 Å². The molecule has 0 aliphatic heterocycles. The maximum atomic E-state index is 12.4. The summed E-state index contributed by atoms with van der Waals surface area (Å²) in [6, 6.07) is 11.5. The molecule has 2 rings (SSSR count). The first-order valence-electron chi connectivity index (χ1n) is 11.8. The number of ether oxygens (including phenoxy) is 4. The maximum absolute atomic E-state index is 12.4. The van der Waals surface area contributed by atoms with Crippen LogP contribution in [0.1, 0.15) is 39.7 Å². The largest absolute Gasteiger partial charge is 0.490 e. The Bertz CT molecular complexity index is 872. The van der Waals surface area contributed by atoms with E-state index in [0.29, 0.717) is 56.6 Å². The summed E-state index contributed by atoms with van der Waals surface area (Å²) >= 11 is 0. The number of rotatable bonds is 15. The monoisotopic (exact) mass is 458 g/mol. The number of benzene rings is 2. The van der Waals surface area contributed by atoms with Crippen LogP contribution in [0.4, 0.5) is 5.69 Å². The van der Waals surface area contributed by atoms with Crippen molar-refractivity contribution in [3.63, 3.8) is 0 Å². The number of likely N-dealkylation sites (N-methyl/N-ethyl adjacent to an activating group) is 1. The van der Waals surface area contributed by atoms with Crippen molar-refractivity contribution in [1.82, 2.24) is 4.90 Å². The lowest BCUT2D eigenvalue weighted by Gasteiger charge is -2.18. The standard InChI is InChI=1S/C26H38N2O5/c1-6-30-22-12-10-20(18-24(22)32-8-3)14-16-28(5)17-15-26(29)27-21-11-13-23(31-7-2)25(19-21)33-9-4/h10-13,18-19H,6-9,14-17H2,1-5H3,(H,27,29). The molecule has 0 saturated carbocycles. The quantitative estimate of drug-likeness (QED) is 0.414. The van der Waals surface area contributed by atoms with Crippen molar-refractivity contribution in [3.8, 4) is 23.0 Å². The summed E-state index contributed by atoms with van der Waals surface area (Å²) in [6.45, 7) is 11.6. The lowest BCUT2D eigenvalue weighted by atomic mass is 10.1. The molecule has 0 aromatic heterocycles. The van der Waals surface area contributed by atoms with Crippen molar-refractivity contribution in [3.05, 3.63) is 42.0 Å². The maximum Gasteiger partial charge on any atom is 0.225 e. The molecule has 7 nitrogen and oxygen atoms in total. The van der Waals surface area contributed by atoms with Gasteiger partial charge in [0.15, 0.2) is 23.0 Å². The first kappa shape index (κ1) is 26.3. The predicted octanol–water partition coefficient (Wildman–Crippen LogP) is 4.78. The second-order valence-corrected chi connectivity index (χ2v) is 7.53. The second-order valence-electron chi connectivity index (χ2n) is 7.53. The zero-order valence-corrected chi connectivity index (χ0v) is 20.6. The molecule has 1 N–H and O–H groups in total. The van der Waals surface area contributed by atoms with E-state index in [1.165, 1.54) is 5.56 Å². The first-order chi connectivity index (χ1) is 16.0. The van der Waals surface area contributed by atoms with Crippen LogP contribution in [0.5, 0.6) is 23.0 Å². The number of carbonyl (C=O) groups excluding carboxylic acids is 1. The number of hydrogen-bond acceptors (Lipinski definition) is 6. The van der Waals surface area contributed by atoms with E-state index in [1.54, 1.807) is 6.07 Å². The van der Waals surface area contributed by atoms with Crippen LogP contribution < -0.4 is 24.3 Å². The third kappa shape index (κ3) is 8.85. The molecule has 0 bridgehead atoms. The third-order valence-corrected chi connectivity index (χ3v) is 4.94. The Morgan fingerprint density at radius 2 is 1.30 bits per heavy atom. The molecule has 0 spiro atoms. The van der Waals surface area contributed by atoms with Crippen LogP contribution >= 0.6 is 0 Å². The van der Waals surface area contributed by atoms with Crippen molar-refractivity contribution in [2.24, 2.45) is 0 Å². The number of amides is 1. The minimum Gasteiger partial charge on any atom is -0.490 e. The van der Waals surface area contributed by atoms with E-state index in [4.69, 9.17) is 18.9 Å². The van der Waals surface area contributed by atoms with Gasteiger partial charge in [-0.1, -0.05) is 6.07 Å². The zero-order chi connectivity index (χ0) is 24.1. The van der Waals surface area contributed by atoms with Gasteiger partial charge in [0, 0.05) is 31.3 Å². The lowest BCUT2D eigenvalue weighted by Crippen LogP contribution is -2.26. The highest BCUT2D eigenvalue weighted by atomic mass is 16.5. The van der Waals surface area contributed by atoms with Crippen molar-refractivity contribution in [2.45, 2.75) is 40.5 Å². The molecule has 2 aromatic carbocycles. The second kappa shape index (κ2) is 14.3. The van der Waals surface area contributed by atoms with E-state index in [0.717, 1.165) is 24.5 Å². The SMILES string of the molecule is CCOc1ccc(CCN(C)CCC(=O)Nc2ccc(OCC)c(OCC)c2)cc1OCC. The fourth-order valence-electron chi connectivity index (χ4n) is 3.33. The summed E-state index contributed by atoms with van der Waals surface area (Å²) in [4.78, 5) is 14.6. The number of nitrogens with one attached hydrogen (secondary N) is 1. The highest BCUT2D eigenvalue weighted by Gasteiger charge is 2.11. The summed E-state index contributed by atoms with van der Waals surface area (Å²) in [6.07, 6.45) is 1.27. The van der Waals surface area contributed by atoms with Gasteiger partial charge < -0.3 is 29.2 Å². The molecular weight excluding hydrogens is 420 g/mol. The topological polar surface area (TPSA) is 69.3 Å². The normalized spacial score (nSPS) is 10.7. The lowest BCUT2D eigenvalue weighted by molar-refractivity contribution is -0.116. The smallest absolute Gasteiger partial charge is 0.225 e. The van der Waals surface area contributed by atoms with Gasteiger partial charge in [-0.25, -0.2) is 0 Å². The summed E-state index contributed by atoms with van der Waals surface area (Å²) in [5.74, 6) is 2.83. The van der Waals surface area contributed by atoms with Crippen molar-refractivity contribution in [1.29, 1.82) is 0 Å². The Kier molecular flexibility index (Phi) is 11.4. The molecule has 2 aromatic rings. The van der Waals surface area contributed by atoms with Crippen LogP contribution in [0.3, 0.4) is 0 Å². The zero-order valence-electron chi connectivity index (χ0n) is 20.6. The van der Waals surface area contributed by atoms with Gasteiger partial charge in [0.05, 0.1) is 26.4 Å². The van der Waals surface area contributed by atoms with E-state index >= 15 is 0 Å². The Labute approximate surface area is 198 Å². The van der Waals surface area contributed by atoms with E-state index in [2.05, 4.69) is 16.3 Å². The summed E-state index contributed by atoms with van der Waals surface area (Å²) in [5.41, 5.74) is 1.88. The first-order valence-corrected chi connectivity index (χ1v) is 11.8. The highest BCUT2D eigenvalue weighted by molar-refractivity contribution is 5.91. The molecule has 33 heavy (non-hydrogen) atoms. The molecule has 0 saturated heterocycles. The van der Waals surface area contributed by atoms with E-state index in [-0.39, 0.29) is 5.91 Å². The molecule has 0 heterocycles. The predicted molar refractivity (Wildman–Crippen MR) is 132 cm³/mol. The minimum atomic E-state index is -0.0341. The van der Waals surface area contributed by atoms with Crippen molar-refractivity contribution < 1.29 is 23.7 Å². The van der Waals surface area contributed by atoms with Crippen LogP contribution in [0.15, 0.2) is 36.4 Å². The van der Waals surface area contributed by atoms with Crippen LogP contribution in [-0.2, 0) is 11.2 Å². The Hall–Kier alpha value is -2.93. The molecule has 1 amide bonds. The molecular formula is C26H38N2O5. The molecule has 0 radical (unpaired) electrons. The highest BCUT2D eigenvalue weighted by Crippen LogP contribution is 2.31. The van der Waals surface area contributed by atoms with Gasteiger partial charge in [-0.15, -0.1) is 0 Å². The molecule has 0 fully saturated rings. The van der Waals surface area contributed by atoms with Gasteiger partial charge in [0.2, 0.25) is 5.91 Å². The molecule has 0 atom stereocenters. The molecule has 0 aliphatic rings. The molecule has 7 heteroatoms. The molecule has 182 valence electrons. The van der Waals surface area contributed by atoms with Gasteiger partial charge in [-0.3, -0.25) is 4.79 Å². The van der Waals surface area contributed by atoms with Gasteiger partial charge in [-0.05, 0) is 71.0 Å². The minimum absolute atomic E-state index is 0.0341. The van der Waals surface area contributed by atoms with Gasteiger partial charge >= 0.3 is 0 Å². The number of nitrogens with zero attached hydrogens (tertiary/aromatic N) is 1. The Morgan fingerprint density at radius 3 is 1.91 bits per heavy atom. The summed E-state index contributed by atoms with van der Waals surface area (Å²) < 4.78 is 22.5. The fourth-order valence-corrected chi connectivity index (χ4v) is 3.33. The molecule has 0 unspecified atom stereocenters. The number of carbonyl (C=O) groups is 1. The van der Waals surface area contributed by atoms with Crippen LogP contribution in [0, 0.1) is 0 Å². The third-order valence-electron chi connectivity index (χ3n) is 4.94. The summed E-state index contributed by atoms with van der Waals surface area (Å²) in [7, 11) is 2.02. The van der Waals surface area contributed by atoms with Crippen molar-refractivity contribution in [2.75, 3.05) is 51.9 Å². The van der Waals surface area contributed by atoms with Gasteiger partial charge in [-0.2, -0.15) is 0 Å². The van der Waals surface area contributed by atoms with E-state index in [9.17, 15) is 4.79 Å². The Morgan fingerprint density at radius 1 is 0.758 bits per heavy atom. The Balaban J connectivity index is 1.83. The van der Waals surface area contributed by atoms with Gasteiger partial charge in [0.1, 0.15) is 0 Å². The average Bonchev–Trinajstić information content (AvgIpc) is 2.80. The summed E-state index contributed by atoms with van der Waals surface area (Å²) in [5, 5.41) is 2.95. The van der Waals surface area contributed by atoms with E-state index < -0.39 is 0 Å². The van der Waals surface area contributed by atoms with E-state index in [1.807, 2.05) is 59.0 Å². The van der Waals surface area contributed by atoms with Crippen LogP contribution in [0.2, 0.25) is 0 Å². The number of hydrogen-bond donors (Lipinski definition) is 1. The molecule has 0 aliphatic carbocycles. The van der Waals surface area contributed by atoms with Crippen LogP contribution in [0.25, 0.3) is 0 Å². The number of anilines is 1. The average molecular weight is 459 g/mol. The van der Waals surface area contributed by atoms with Crippen molar-refractivity contribution >= 4 is 11.6 Å². The fraction of sp³-hybridized carbons (Fsp3) is 0.500.